The van der Waals surface area contributed by atoms with Crippen molar-refractivity contribution in [2.24, 2.45) is 5.92 Å². The second-order valence-corrected chi connectivity index (χ2v) is 4.76. The summed E-state index contributed by atoms with van der Waals surface area (Å²) >= 11 is 0. The molecule has 0 aliphatic carbocycles. The molecule has 2 heterocycles. The van der Waals surface area contributed by atoms with Crippen molar-refractivity contribution in [3.05, 3.63) is 11.7 Å². The molecular weight excluding hydrogens is 232 g/mol. The first-order valence-electron chi connectivity index (χ1n) is 6.50. The summed E-state index contributed by atoms with van der Waals surface area (Å²) in [6, 6.07) is 0. The number of nitrogens with one attached hydrogen (secondary N) is 2. The molecule has 1 saturated heterocycles. The minimum absolute atomic E-state index is 0.0522. The van der Waals surface area contributed by atoms with E-state index in [1.807, 2.05) is 0 Å². The van der Waals surface area contributed by atoms with E-state index >= 15 is 0 Å². The molecule has 1 unspecified atom stereocenters. The van der Waals surface area contributed by atoms with E-state index in [0.29, 0.717) is 30.6 Å². The first-order chi connectivity index (χ1) is 8.74. The van der Waals surface area contributed by atoms with Crippen LogP contribution in [0.5, 0.6) is 0 Å². The molecule has 1 aliphatic heterocycles. The van der Waals surface area contributed by atoms with Gasteiger partial charge >= 0.3 is 0 Å². The molecule has 1 fully saturated rings. The van der Waals surface area contributed by atoms with Crippen molar-refractivity contribution < 1.29 is 9.32 Å². The number of amides is 1. The van der Waals surface area contributed by atoms with E-state index in [4.69, 9.17) is 4.52 Å². The third kappa shape index (κ3) is 4.10. The van der Waals surface area contributed by atoms with Crippen molar-refractivity contribution in [3.8, 4) is 0 Å². The summed E-state index contributed by atoms with van der Waals surface area (Å²) in [7, 11) is 0. The average Bonchev–Trinajstić information content (AvgIpc) is 2.81. The van der Waals surface area contributed by atoms with Crippen LogP contribution in [0.4, 0.5) is 0 Å². The lowest BCUT2D eigenvalue weighted by molar-refractivity contribution is -0.121. The Bertz CT molecular complexity index is 385. The molecule has 1 aromatic rings. The zero-order valence-electron chi connectivity index (χ0n) is 10.7. The van der Waals surface area contributed by atoms with Gasteiger partial charge in [-0.3, -0.25) is 4.79 Å². The third-order valence-corrected chi connectivity index (χ3v) is 3.19. The third-order valence-electron chi connectivity index (χ3n) is 3.19. The fraction of sp³-hybridized carbons (Fsp3) is 0.750. The van der Waals surface area contributed by atoms with Crippen molar-refractivity contribution in [1.82, 2.24) is 20.8 Å². The molecule has 1 amide bonds. The van der Waals surface area contributed by atoms with Gasteiger partial charge in [0, 0.05) is 6.42 Å². The lowest BCUT2D eigenvalue weighted by atomic mass is 9.94. The number of carbonyl (C=O) groups is 1. The number of hydrogen-bond acceptors (Lipinski definition) is 5. The maximum Gasteiger partial charge on any atom is 0.246 e. The molecule has 1 aliphatic rings. The highest BCUT2D eigenvalue weighted by Gasteiger charge is 2.14. The van der Waals surface area contributed by atoms with Crippen LogP contribution in [-0.2, 0) is 11.3 Å². The Balaban J connectivity index is 1.62. The summed E-state index contributed by atoms with van der Waals surface area (Å²) in [6.45, 7) is 4.23. The average molecular weight is 252 g/mol. The Kier molecular flexibility index (Phi) is 4.69. The van der Waals surface area contributed by atoms with E-state index in [0.717, 1.165) is 19.5 Å². The monoisotopic (exact) mass is 252 g/mol. The Morgan fingerprint density at radius 1 is 1.61 bits per heavy atom. The fourth-order valence-electron chi connectivity index (χ4n) is 2.18. The van der Waals surface area contributed by atoms with E-state index in [-0.39, 0.29) is 5.91 Å². The van der Waals surface area contributed by atoms with Crippen LogP contribution in [0.15, 0.2) is 4.52 Å². The molecular formula is C12H20N4O2. The standard InChI is InChI=1S/C12H20N4O2/c1-9-15-12(18-16-9)8-14-11(17)5-4-10-3-2-6-13-7-10/h10,13H,2-8H2,1H3,(H,14,17). The summed E-state index contributed by atoms with van der Waals surface area (Å²) in [5, 5.41) is 9.82. The van der Waals surface area contributed by atoms with Gasteiger partial charge in [-0.1, -0.05) is 5.16 Å². The van der Waals surface area contributed by atoms with E-state index in [2.05, 4.69) is 20.8 Å². The first-order valence-corrected chi connectivity index (χ1v) is 6.50. The number of hydrogen-bond donors (Lipinski definition) is 2. The van der Waals surface area contributed by atoms with Gasteiger partial charge < -0.3 is 15.2 Å². The Morgan fingerprint density at radius 3 is 3.17 bits per heavy atom. The van der Waals surface area contributed by atoms with Crippen LogP contribution in [-0.4, -0.2) is 29.1 Å². The second kappa shape index (κ2) is 6.49. The molecule has 6 heteroatoms. The van der Waals surface area contributed by atoms with E-state index in [9.17, 15) is 4.79 Å². The molecule has 0 spiro atoms. The number of rotatable bonds is 5. The van der Waals surface area contributed by atoms with Gasteiger partial charge in [-0.05, 0) is 45.2 Å². The quantitative estimate of drug-likeness (QED) is 0.809. The van der Waals surface area contributed by atoms with Crippen LogP contribution in [0.1, 0.15) is 37.4 Å². The fourth-order valence-corrected chi connectivity index (χ4v) is 2.18. The molecule has 100 valence electrons. The minimum atomic E-state index is 0.0522. The summed E-state index contributed by atoms with van der Waals surface area (Å²) < 4.78 is 4.92. The minimum Gasteiger partial charge on any atom is -0.347 e. The van der Waals surface area contributed by atoms with Gasteiger partial charge in [0.1, 0.15) is 0 Å². The van der Waals surface area contributed by atoms with Crippen LogP contribution < -0.4 is 10.6 Å². The highest BCUT2D eigenvalue weighted by molar-refractivity contribution is 5.75. The van der Waals surface area contributed by atoms with Gasteiger partial charge in [0.25, 0.3) is 0 Å². The molecule has 6 nitrogen and oxygen atoms in total. The number of carbonyl (C=O) groups excluding carboxylic acids is 1. The molecule has 1 aromatic heterocycles. The molecule has 2 rings (SSSR count). The summed E-state index contributed by atoms with van der Waals surface area (Å²) in [4.78, 5) is 15.7. The number of piperidine rings is 1. The molecule has 18 heavy (non-hydrogen) atoms. The van der Waals surface area contributed by atoms with Crippen LogP contribution >= 0.6 is 0 Å². The Hall–Kier alpha value is -1.43. The summed E-state index contributed by atoms with van der Waals surface area (Å²) in [6.07, 6.45) is 3.96. The topological polar surface area (TPSA) is 80.0 Å². The SMILES string of the molecule is Cc1noc(CNC(=O)CCC2CCCNC2)n1. The van der Waals surface area contributed by atoms with Crippen molar-refractivity contribution in [1.29, 1.82) is 0 Å². The van der Waals surface area contributed by atoms with E-state index in [1.54, 1.807) is 6.92 Å². The maximum atomic E-state index is 11.6. The molecule has 2 N–H and O–H groups in total. The van der Waals surface area contributed by atoms with Gasteiger partial charge in [0.2, 0.25) is 11.8 Å². The van der Waals surface area contributed by atoms with Crippen molar-refractivity contribution in [2.75, 3.05) is 13.1 Å². The number of nitrogens with zero attached hydrogens (tertiary/aromatic N) is 2. The van der Waals surface area contributed by atoms with Crippen LogP contribution in [0.2, 0.25) is 0 Å². The molecule has 0 saturated carbocycles. The zero-order valence-corrected chi connectivity index (χ0v) is 10.7. The van der Waals surface area contributed by atoms with Crippen LogP contribution in [0.25, 0.3) is 0 Å². The molecule has 0 radical (unpaired) electrons. The lowest BCUT2D eigenvalue weighted by Gasteiger charge is -2.22. The van der Waals surface area contributed by atoms with Gasteiger partial charge in [-0.2, -0.15) is 4.98 Å². The number of aryl methyl sites for hydroxylation is 1. The van der Waals surface area contributed by atoms with Gasteiger partial charge in [-0.15, -0.1) is 0 Å². The highest BCUT2D eigenvalue weighted by Crippen LogP contribution is 2.15. The molecule has 0 aromatic carbocycles. The zero-order chi connectivity index (χ0) is 12.8. The van der Waals surface area contributed by atoms with Crippen LogP contribution in [0, 0.1) is 12.8 Å². The summed E-state index contributed by atoms with van der Waals surface area (Å²) in [5.41, 5.74) is 0. The number of aromatic nitrogens is 2. The predicted octanol–water partition coefficient (Wildman–Crippen LogP) is 0.774. The highest BCUT2D eigenvalue weighted by atomic mass is 16.5. The van der Waals surface area contributed by atoms with Gasteiger partial charge in [0.15, 0.2) is 5.82 Å². The normalized spacial score (nSPS) is 19.7. The van der Waals surface area contributed by atoms with Crippen molar-refractivity contribution in [2.45, 2.75) is 39.2 Å². The van der Waals surface area contributed by atoms with Gasteiger partial charge in [-0.25, -0.2) is 0 Å². The largest absolute Gasteiger partial charge is 0.347 e. The van der Waals surface area contributed by atoms with Crippen molar-refractivity contribution in [3.63, 3.8) is 0 Å². The summed E-state index contributed by atoms with van der Waals surface area (Å²) in [5.74, 6) is 1.74. The first kappa shape index (κ1) is 13.0. The van der Waals surface area contributed by atoms with E-state index < -0.39 is 0 Å². The van der Waals surface area contributed by atoms with Gasteiger partial charge in [0.05, 0.1) is 6.54 Å². The Morgan fingerprint density at radius 2 is 2.50 bits per heavy atom. The molecule has 1 atom stereocenters. The Labute approximate surface area is 107 Å². The van der Waals surface area contributed by atoms with E-state index in [1.165, 1.54) is 12.8 Å². The second-order valence-electron chi connectivity index (χ2n) is 4.76. The van der Waals surface area contributed by atoms with Crippen LogP contribution in [0.3, 0.4) is 0 Å². The maximum absolute atomic E-state index is 11.6. The van der Waals surface area contributed by atoms with Crippen molar-refractivity contribution >= 4 is 5.91 Å². The smallest absolute Gasteiger partial charge is 0.246 e. The predicted molar refractivity (Wildman–Crippen MR) is 65.7 cm³/mol. The lowest BCUT2D eigenvalue weighted by Crippen LogP contribution is -2.31. The molecule has 0 bridgehead atoms.